The molecular weight excluding hydrogens is 392 g/mol. The van der Waals surface area contributed by atoms with Crippen molar-refractivity contribution < 1.29 is 14.3 Å². The number of nitrogens with zero attached hydrogens (tertiary/aromatic N) is 2. The Morgan fingerprint density at radius 1 is 1.10 bits per heavy atom. The second-order valence-corrected chi connectivity index (χ2v) is 7.16. The highest BCUT2D eigenvalue weighted by Crippen LogP contribution is 2.25. The average Bonchev–Trinajstić information content (AvgIpc) is 3.21. The molecule has 0 saturated heterocycles. The summed E-state index contributed by atoms with van der Waals surface area (Å²) in [5.41, 5.74) is 3.59. The molecule has 7 heteroatoms. The van der Waals surface area contributed by atoms with Crippen molar-refractivity contribution in [3.05, 3.63) is 78.0 Å². The van der Waals surface area contributed by atoms with E-state index < -0.39 is 18.0 Å². The van der Waals surface area contributed by atoms with E-state index in [0.29, 0.717) is 29.2 Å². The van der Waals surface area contributed by atoms with Crippen LogP contribution in [0.5, 0.6) is 0 Å². The van der Waals surface area contributed by atoms with Gasteiger partial charge in [0.2, 0.25) is 0 Å². The third-order valence-electron chi connectivity index (χ3n) is 4.87. The van der Waals surface area contributed by atoms with Gasteiger partial charge in [0.1, 0.15) is 11.6 Å². The minimum absolute atomic E-state index is 0.330. The molecule has 0 aliphatic heterocycles. The van der Waals surface area contributed by atoms with Gasteiger partial charge in [0, 0.05) is 11.8 Å². The number of hydrogen-bond acceptors (Lipinski definition) is 5. The van der Waals surface area contributed by atoms with Crippen LogP contribution in [0.15, 0.2) is 66.9 Å². The molecule has 0 spiro atoms. The first-order valence-corrected chi connectivity index (χ1v) is 10.0. The molecule has 2 heterocycles. The first kappa shape index (κ1) is 20.3. The smallest absolute Gasteiger partial charge is 0.339 e. The number of aryl methyl sites for hydroxylation is 1. The fourth-order valence-electron chi connectivity index (χ4n) is 3.27. The number of anilines is 1. The maximum Gasteiger partial charge on any atom is 0.339 e. The maximum atomic E-state index is 13.0. The fraction of sp³-hybridized carbons (Fsp3) is 0.167. The van der Waals surface area contributed by atoms with Gasteiger partial charge in [0.05, 0.1) is 16.6 Å². The summed E-state index contributed by atoms with van der Waals surface area (Å²) < 4.78 is 5.57. The van der Waals surface area contributed by atoms with Gasteiger partial charge >= 0.3 is 5.97 Å². The molecule has 0 aliphatic rings. The van der Waals surface area contributed by atoms with Gasteiger partial charge in [-0.2, -0.15) is 0 Å². The number of para-hydroxylation sites is 2. The molecule has 1 atom stereocenters. The van der Waals surface area contributed by atoms with Gasteiger partial charge in [0.15, 0.2) is 6.10 Å². The van der Waals surface area contributed by atoms with Crippen LogP contribution < -0.4 is 5.32 Å². The number of carbonyl (C=O) groups is 2. The highest BCUT2D eigenvalue weighted by molar-refractivity contribution is 6.00. The number of rotatable bonds is 6. The number of fused-ring (bicyclic) bond motifs is 1. The lowest BCUT2D eigenvalue weighted by atomic mass is 10.1. The summed E-state index contributed by atoms with van der Waals surface area (Å²) in [4.78, 5) is 37.5. The van der Waals surface area contributed by atoms with Crippen molar-refractivity contribution in [2.45, 2.75) is 26.4 Å². The Labute approximate surface area is 179 Å². The van der Waals surface area contributed by atoms with Crippen molar-refractivity contribution in [3.8, 4) is 11.4 Å². The zero-order chi connectivity index (χ0) is 21.8. The van der Waals surface area contributed by atoms with Crippen molar-refractivity contribution in [2.75, 3.05) is 5.32 Å². The maximum absolute atomic E-state index is 13.0. The molecule has 2 N–H and O–H groups in total. The standard InChI is InChI=1S/C24H22N4O3/c1-3-20(23(29)28-21-14-15(2)12-13-25-21)31-24(30)17-9-5-4-8-16(17)22-26-18-10-6-7-11-19(18)27-22/h4-14,20H,3H2,1-2H3,(H,26,27)(H,25,28,29). The van der Waals surface area contributed by atoms with Gasteiger partial charge in [0.25, 0.3) is 5.91 Å². The van der Waals surface area contributed by atoms with Crippen LogP contribution in [0.3, 0.4) is 0 Å². The van der Waals surface area contributed by atoms with Crippen LogP contribution in [-0.2, 0) is 9.53 Å². The van der Waals surface area contributed by atoms with Crippen LogP contribution in [0.25, 0.3) is 22.4 Å². The van der Waals surface area contributed by atoms with Crippen molar-refractivity contribution in [3.63, 3.8) is 0 Å². The van der Waals surface area contributed by atoms with Crippen LogP contribution in [0, 0.1) is 6.92 Å². The van der Waals surface area contributed by atoms with E-state index in [1.54, 1.807) is 37.4 Å². The lowest BCUT2D eigenvalue weighted by molar-refractivity contribution is -0.124. The monoisotopic (exact) mass is 414 g/mol. The first-order chi connectivity index (χ1) is 15.0. The van der Waals surface area contributed by atoms with Crippen molar-refractivity contribution in [1.29, 1.82) is 0 Å². The molecule has 7 nitrogen and oxygen atoms in total. The molecule has 4 aromatic rings. The summed E-state index contributed by atoms with van der Waals surface area (Å²) in [7, 11) is 0. The Morgan fingerprint density at radius 3 is 2.65 bits per heavy atom. The molecular formula is C24H22N4O3. The summed E-state index contributed by atoms with van der Waals surface area (Å²) in [6, 6.07) is 18.3. The number of ether oxygens (including phenoxy) is 1. The van der Waals surface area contributed by atoms with E-state index in [1.165, 1.54) is 0 Å². The highest BCUT2D eigenvalue weighted by atomic mass is 16.5. The summed E-state index contributed by atoms with van der Waals surface area (Å²) in [6.07, 6.45) is 0.996. The number of imidazole rings is 1. The van der Waals surface area contributed by atoms with E-state index in [0.717, 1.165) is 16.6 Å². The third-order valence-corrected chi connectivity index (χ3v) is 4.87. The molecule has 1 amide bonds. The van der Waals surface area contributed by atoms with Crippen molar-refractivity contribution in [2.24, 2.45) is 0 Å². The van der Waals surface area contributed by atoms with E-state index >= 15 is 0 Å². The molecule has 1 unspecified atom stereocenters. The van der Waals surface area contributed by atoms with Crippen LogP contribution in [-0.4, -0.2) is 32.9 Å². The number of H-pyrrole nitrogens is 1. The molecule has 0 saturated carbocycles. The van der Waals surface area contributed by atoms with E-state index in [2.05, 4.69) is 20.3 Å². The Balaban J connectivity index is 1.55. The summed E-state index contributed by atoms with van der Waals surface area (Å²) in [5.74, 6) is -0.0252. The lowest BCUT2D eigenvalue weighted by Gasteiger charge is -2.17. The Kier molecular flexibility index (Phi) is 5.75. The molecule has 0 radical (unpaired) electrons. The number of hydrogen-bond donors (Lipinski definition) is 2. The number of nitrogens with one attached hydrogen (secondary N) is 2. The number of amides is 1. The zero-order valence-corrected chi connectivity index (χ0v) is 17.3. The van der Waals surface area contributed by atoms with E-state index in [1.807, 2.05) is 43.3 Å². The van der Waals surface area contributed by atoms with Gasteiger partial charge < -0.3 is 15.0 Å². The van der Waals surface area contributed by atoms with E-state index in [-0.39, 0.29) is 0 Å². The predicted octanol–water partition coefficient (Wildman–Crippen LogP) is 4.51. The van der Waals surface area contributed by atoms with Crippen LogP contribution in [0.1, 0.15) is 29.3 Å². The molecule has 0 aliphatic carbocycles. The van der Waals surface area contributed by atoms with Crippen LogP contribution >= 0.6 is 0 Å². The van der Waals surface area contributed by atoms with Gasteiger partial charge in [-0.1, -0.05) is 37.3 Å². The molecule has 2 aromatic heterocycles. The largest absolute Gasteiger partial charge is 0.449 e. The van der Waals surface area contributed by atoms with Crippen LogP contribution in [0.4, 0.5) is 5.82 Å². The normalized spacial score (nSPS) is 11.8. The number of aromatic nitrogens is 3. The zero-order valence-electron chi connectivity index (χ0n) is 17.3. The highest BCUT2D eigenvalue weighted by Gasteiger charge is 2.24. The quantitative estimate of drug-likeness (QED) is 0.453. The van der Waals surface area contributed by atoms with E-state index in [4.69, 9.17) is 4.74 Å². The Morgan fingerprint density at radius 2 is 1.87 bits per heavy atom. The topological polar surface area (TPSA) is 97.0 Å². The number of carbonyl (C=O) groups excluding carboxylic acids is 2. The molecule has 0 fully saturated rings. The molecule has 0 bridgehead atoms. The van der Waals surface area contributed by atoms with Crippen LogP contribution in [0.2, 0.25) is 0 Å². The minimum atomic E-state index is -0.946. The fourth-order valence-corrected chi connectivity index (χ4v) is 3.27. The molecule has 31 heavy (non-hydrogen) atoms. The van der Waals surface area contributed by atoms with Crippen molar-refractivity contribution in [1.82, 2.24) is 15.0 Å². The van der Waals surface area contributed by atoms with Gasteiger partial charge in [-0.15, -0.1) is 0 Å². The summed E-state index contributed by atoms with van der Waals surface area (Å²) in [5, 5.41) is 2.71. The average molecular weight is 414 g/mol. The first-order valence-electron chi connectivity index (χ1n) is 10.0. The Hall–Kier alpha value is -4.00. The SMILES string of the molecule is CCC(OC(=O)c1ccccc1-c1nc2ccccc2[nH]1)C(=O)Nc1cc(C)ccn1. The predicted molar refractivity (Wildman–Crippen MR) is 119 cm³/mol. The summed E-state index contributed by atoms with van der Waals surface area (Å²) >= 11 is 0. The minimum Gasteiger partial charge on any atom is -0.449 e. The second-order valence-electron chi connectivity index (χ2n) is 7.16. The number of aromatic amines is 1. The third kappa shape index (κ3) is 4.45. The number of pyridine rings is 1. The molecule has 2 aromatic carbocycles. The Bertz CT molecular complexity index is 1220. The van der Waals surface area contributed by atoms with Crippen molar-refractivity contribution >= 4 is 28.7 Å². The number of benzene rings is 2. The van der Waals surface area contributed by atoms with Gasteiger partial charge in [-0.25, -0.2) is 14.8 Å². The number of esters is 1. The molecule has 156 valence electrons. The summed E-state index contributed by atoms with van der Waals surface area (Å²) in [6.45, 7) is 3.69. The van der Waals surface area contributed by atoms with Gasteiger partial charge in [-0.3, -0.25) is 4.79 Å². The van der Waals surface area contributed by atoms with Gasteiger partial charge in [-0.05, 0) is 49.2 Å². The second kappa shape index (κ2) is 8.79. The van der Waals surface area contributed by atoms with E-state index in [9.17, 15) is 9.59 Å². The molecule has 4 rings (SSSR count). The lowest BCUT2D eigenvalue weighted by Crippen LogP contribution is -2.32.